The Labute approximate surface area is 117 Å². The van der Waals surface area contributed by atoms with Crippen LogP contribution in [0, 0.1) is 0 Å². The summed E-state index contributed by atoms with van der Waals surface area (Å²) in [4.78, 5) is 0. The van der Waals surface area contributed by atoms with Crippen LogP contribution in [-0.4, -0.2) is 12.6 Å². The second-order valence-electron chi connectivity index (χ2n) is 2.86. The van der Waals surface area contributed by atoms with Crippen molar-refractivity contribution in [3.05, 3.63) is 35.9 Å². The zero-order chi connectivity index (χ0) is 10.8. The van der Waals surface area contributed by atoms with Crippen molar-refractivity contribution in [1.82, 2.24) is 0 Å². The molecule has 0 bridgehead atoms. The van der Waals surface area contributed by atoms with Crippen LogP contribution in [0.4, 0.5) is 0 Å². The van der Waals surface area contributed by atoms with Crippen LogP contribution >= 0.6 is 63.7 Å². The van der Waals surface area contributed by atoms with Crippen LogP contribution in [0.25, 0.3) is 0 Å². The van der Waals surface area contributed by atoms with E-state index in [-0.39, 0.29) is 0 Å². The van der Waals surface area contributed by atoms with Crippen molar-refractivity contribution in [3.63, 3.8) is 0 Å². The molecule has 0 fully saturated rings. The molecule has 0 aromatic heterocycles. The van der Waals surface area contributed by atoms with E-state index in [1.807, 2.05) is 30.3 Å². The van der Waals surface area contributed by atoms with Crippen molar-refractivity contribution >= 4 is 63.7 Å². The summed E-state index contributed by atoms with van der Waals surface area (Å²) in [7, 11) is 0. The molecule has 1 aromatic carbocycles. The van der Waals surface area contributed by atoms with Crippen molar-refractivity contribution in [2.45, 2.75) is 7.74 Å². The highest BCUT2D eigenvalue weighted by atomic mass is 80.0. The summed E-state index contributed by atoms with van der Waals surface area (Å²) in [6, 6.07) is 9.44. The molecule has 0 aliphatic rings. The molecule has 0 aliphatic heterocycles. The molecule has 1 aromatic rings. The molecule has 5 heteroatoms. The zero-order valence-electron chi connectivity index (χ0n) is 7.05. The van der Waals surface area contributed by atoms with Crippen LogP contribution in [0.1, 0.15) is 5.56 Å². The van der Waals surface area contributed by atoms with Gasteiger partial charge in [0.15, 0.2) is 2.14 Å². The Kier molecular flexibility index (Phi) is 4.66. The molecule has 1 nitrogen and oxygen atoms in total. The molecular formula is C9H8Br4O. The molecule has 0 aliphatic carbocycles. The third kappa shape index (κ3) is 2.61. The average molecular weight is 452 g/mol. The number of rotatable bonds is 2. The lowest BCUT2D eigenvalue weighted by molar-refractivity contribution is 0.0792. The Morgan fingerprint density at radius 3 is 1.93 bits per heavy atom. The number of halogens is 4. The van der Waals surface area contributed by atoms with Crippen LogP contribution in [0.2, 0.25) is 0 Å². The fraction of sp³-hybridized carbons (Fsp3) is 0.333. The fourth-order valence-electron chi connectivity index (χ4n) is 1.03. The predicted octanol–water partition coefficient (Wildman–Crippen LogP) is 4.11. The number of aliphatic hydroxyl groups is 1. The van der Waals surface area contributed by atoms with Crippen LogP contribution in [0.3, 0.4) is 0 Å². The van der Waals surface area contributed by atoms with Gasteiger partial charge in [-0.3, -0.25) is 0 Å². The first-order valence-corrected chi connectivity index (χ1v) is 7.32. The first-order valence-electron chi connectivity index (χ1n) is 3.82. The summed E-state index contributed by atoms with van der Waals surface area (Å²) in [5.74, 6) is 0. The second-order valence-corrected chi connectivity index (χ2v) is 10.2. The van der Waals surface area contributed by atoms with Gasteiger partial charge < -0.3 is 5.11 Å². The molecule has 1 atom stereocenters. The molecule has 78 valence electrons. The van der Waals surface area contributed by atoms with Gasteiger partial charge in [-0.15, -0.1) is 0 Å². The molecule has 0 saturated heterocycles. The standard InChI is InChI=1S/C9H8Br4O/c10-6-8(14,9(11,12)13)7-4-2-1-3-5-7/h1-5,14H,6H2. The highest BCUT2D eigenvalue weighted by molar-refractivity contribution is 9.39. The van der Waals surface area contributed by atoms with E-state index in [0.717, 1.165) is 5.56 Å². The fourth-order valence-corrected chi connectivity index (χ4v) is 4.01. The third-order valence-corrected chi connectivity index (χ3v) is 4.69. The molecule has 0 saturated carbocycles. The molecule has 0 amide bonds. The van der Waals surface area contributed by atoms with E-state index in [9.17, 15) is 5.11 Å². The Bertz CT molecular complexity index is 295. The minimum absolute atomic E-state index is 0.408. The maximum absolute atomic E-state index is 10.4. The van der Waals surface area contributed by atoms with Crippen molar-refractivity contribution in [2.75, 3.05) is 5.33 Å². The van der Waals surface area contributed by atoms with E-state index in [1.54, 1.807) is 0 Å². The highest BCUT2D eigenvalue weighted by Gasteiger charge is 2.45. The van der Waals surface area contributed by atoms with Crippen molar-refractivity contribution in [2.24, 2.45) is 0 Å². The monoisotopic (exact) mass is 448 g/mol. The summed E-state index contributed by atoms with van der Waals surface area (Å²) in [5.41, 5.74) is -0.239. The van der Waals surface area contributed by atoms with Gasteiger partial charge >= 0.3 is 0 Å². The first-order chi connectivity index (χ1) is 6.42. The molecule has 1 rings (SSSR count). The van der Waals surface area contributed by atoms with Gasteiger partial charge in [0.1, 0.15) is 5.60 Å². The summed E-state index contributed by atoms with van der Waals surface area (Å²) in [6.45, 7) is 0. The van der Waals surface area contributed by atoms with E-state index in [0.29, 0.717) is 5.33 Å². The topological polar surface area (TPSA) is 20.2 Å². The zero-order valence-corrected chi connectivity index (χ0v) is 13.4. The summed E-state index contributed by atoms with van der Waals surface area (Å²) in [6.07, 6.45) is 0. The lowest BCUT2D eigenvalue weighted by atomic mass is 9.98. The van der Waals surface area contributed by atoms with Crippen LogP contribution in [-0.2, 0) is 5.60 Å². The number of benzene rings is 1. The predicted molar refractivity (Wildman–Crippen MR) is 73.6 cm³/mol. The van der Waals surface area contributed by atoms with E-state index in [4.69, 9.17) is 0 Å². The van der Waals surface area contributed by atoms with Gasteiger partial charge in [-0.05, 0) is 5.56 Å². The van der Waals surface area contributed by atoms with Crippen molar-refractivity contribution < 1.29 is 5.11 Å². The van der Waals surface area contributed by atoms with Gasteiger partial charge in [-0.1, -0.05) is 94.1 Å². The minimum Gasteiger partial charge on any atom is -0.381 e. The quantitative estimate of drug-likeness (QED) is 0.671. The van der Waals surface area contributed by atoms with Crippen LogP contribution in [0.5, 0.6) is 0 Å². The van der Waals surface area contributed by atoms with Crippen LogP contribution < -0.4 is 0 Å². The average Bonchev–Trinajstić information content (AvgIpc) is 2.16. The highest BCUT2D eigenvalue weighted by Crippen LogP contribution is 2.50. The van der Waals surface area contributed by atoms with E-state index >= 15 is 0 Å². The Morgan fingerprint density at radius 2 is 1.57 bits per heavy atom. The van der Waals surface area contributed by atoms with E-state index in [1.165, 1.54) is 0 Å². The molecule has 1 N–H and O–H groups in total. The summed E-state index contributed by atoms with van der Waals surface area (Å²) in [5, 5.41) is 10.8. The number of hydrogen-bond acceptors (Lipinski definition) is 1. The van der Waals surface area contributed by atoms with Crippen molar-refractivity contribution in [3.8, 4) is 0 Å². The molecule has 1 unspecified atom stereocenters. The van der Waals surface area contributed by atoms with Crippen LogP contribution in [0.15, 0.2) is 30.3 Å². The smallest absolute Gasteiger partial charge is 0.168 e. The third-order valence-electron chi connectivity index (χ3n) is 1.91. The minimum atomic E-state index is -1.06. The molecule has 0 heterocycles. The maximum Gasteiger partial charge on any atom is 0.168 e. The van der Waals surface area contributed by atoms with E-state index < -0.39 is 7.74 Å². The van der Waals surface area contributed by atoms with Crippen molar-refractivity contribution in [1.29, 1.82) is 0 Å². The largest absolute Gasteiger partial charge is 0.381 e. The normalized spacial score (nSPS) is 16.4. The molecule has 0 spiro atoms. The van der Waals surface area contributed by atoms with Gasteiger partial charge in [-0.2, -0.15) is 0 Å². The van der Waals surface area contributed by atoms with Gasteiger partial charge in [0.05, 0.1) is 0 Å². The van der Waals surface area contributed by atoms with E-state index in [2.05, 4.69) is 63.7 Å². The van der Waals surface area contributed by atoms with Gasteiger partial charge in [0.25, 0.3) is 0 Å². The molecule has 14 heavy (non-hydrogen) atoms. The maximum atomic E-state index is 10.4. The summed E-state index contributed by atoms with van der Waals surface area (Å²) >= 11 is 13.4. The van der Waals surface area contributed by atoms with Gasteiger partial charge in [0.2, 0.25) is 0 Å². The van der Waals surface area contributed by atoms with Gasteiger partial charge in [-0.25, -0.2) is 0 Å². The molecular weight excluding hydrogens is 444 g/mol. The molecule has 0 radical (unpaired) electrons. The second kappa shape index (κ2) is 4.95. The Morgan fingerprint density at radius 1 is 1.07 bits per heavy atom. The van der Waals surface area contributed by atoms with Gasteiger partial charge in [0, 0.05) is 5.33 Å². The number of alkyl halides is 4. The Balaban J connectivity index is 3.15. The lowest BCUT2D eigenvalue weighted by Gasteiger charge is -2.34. The first kappa shape index (κ1) is 13.2. The lowest BCUT2D eigenvalue weighted by Crippen LogP contribution is -2.40. The summed E-state index contributed by atoms with van der Waals surface area (Å²) < 4.78 is -0.745. The SMILES string of the molecule is OC(CBr)(c1ccccc1)C(Br)(Br)Br. The number of hydrogen-bond donors (Lipinski definition) is 1. The Hall–Kier alpha value is 1.10.